The van der Waals surface area contributed by atoms with Crippen LogP contribution in [0, 0.1) is 5.92 Å². The van der Waals surface area contributed by atoms with Gasteiger partial charge in [0.05, 0.1) is 7.11 Å². The van der Waals surface area contributed by atoms with E-state index in [0.717, 1.165) is 17.3 Å². The zero-order valence-electron chi connectivity index (χ0n) is 11.4. The molecule has 2 nitrogen and oxygen atoms in total. The van der Waals surface area contributed by atoms with Crippen LogP contribution < -0.4 is 10.1 Å². The molecule has 0 aliphatic heterocycles. The maximum atomic E-state index is 6.13. The molecule has 18 heavy (non-hydrogen) atoms. The first kappa shape index (κ1) is 13.7. The molecular formula is C15H22ClNO. The Morgan fingerprint density at radius 2 is 2.17 bits per heavy atom. The van der Waals surface area contributed by atoms with Crippen LogP contribution >= 0.6 is 11.6 Å². The number of rotatable bonds is 4. The SMILES string of the molecule is CCNC1CCC(c2cc(Cl)ccc2OC)C1C. The third kappa shape index (κ3) is 2.65. The van der Waals surface area contributed by atoms with Crippen molar-refractivity contribution in [3.63, 3.8) is 0 Å². The largest absolute Gasteiger partial charge is 0.496 e. The smallest absolute Gasteiger partial charge is 0.122 e. The molecular weight excluding hydrogens is 246 g/mol. The minimum atomic E-state index is 0.544. The summed E-state index contributed by atoms with van der Waals surface area (Å²) in [5.41, 5.74) is 1.26. The highest BCUT2D eigenvalue weighted by molar-refractivity contribution is 6.30. The van der Waals surface area contributed by atoms with Gasteiger partial charge in [-0.2, -0.15) is 0 Å². The molecule has 0 radical (unpaired) electrons. The second-order valence-corrected chi connectivity index (χ2v) is 5.53. The lowest BCUT2D eigenvalue weighted by molar-refractivity contribution is 0.383. The molecule has 3 heteroatoms. The van der Waals surface area contributed by atoms with Crippen molar-refractivity contribution < 1.29 is 4.74 Å². The van der Waals surface area contributed by atoms with E-state index in [4.69, 9.17) is 16.3 Å². The molecule has 0 heterocycles. The van der Waals surface area contributed by atoms with Crippen molar-refractivity contribution in [1.82, 2.24) is 5.32 Å². The number of hydrogen-bond donors (Lipinski definition) is 1. The fourth-order valence-corrected chi connectivity index (χ4v) is 3.33. The molecule has 2 rings (SSSR count). The van der Waals surface area contributed by atoms with E-state index in [9.17, 15) is 0 Å². The van der Waals surface area contributed by atoms with E-state index in [1.54, 1.807) is 7.11 Å². The van der Waals surface area contributed by atoms with Crippen molar-refractivity contribution in [2.75, 3.05) is 13.7 Å². The minimum Gasteiger partial charge on any atom is -0.496 e. The molecule has 0 bridgehead atoms. The summed E-state index contributed by atoms with van der Waals surface area (Å²) >= 11 is 6.13. The van der Waals surface area contributed by atoms with Gasteiger partial charge in [0.1, 0.15) is 5.75 Å². The number of nitrogens with one attached hydrogen (secondary N) is 1. The standard InChI is InChI=1S/C15H22ClNO/c1-4-17-14-7-6-12(10(14)2)13-9-11(16)5-8-15(13)18-3/h5,8-10,12,14,17H,4,6-7H2,1-3H3. The van der Waals surface area contributed by atoms with Crippen LogP contribution in [0.4, 0.5) is 0 Å². The van der Waals surface area contributed by atoms with E-state index in [2.05, 4.69) is 25.2 Å². The predicted molar refractivity (Wildman–Crippen MR) is 76.6 cm³/mol. The van der Waals surface area contributed by atoms with E-state index in [-0.39, 0.29) is 0 Å². The number of ether oxygens (including phenoxy) is 1. The fourth-order valence-electron chi connectivity index (χ4n) is 3.15. The molecule has 1 N–H and O–H groups in total. The van der Waals surface area contributed by atoms with Crippen LogP contribution in [0.25, 0.3) is 0 Å². The molecule has 0 saturated heterocycles. The van der Waals surface area contributed by atoms with Crippen LogP contribution in [0.1, 0.15) is 38.2 Å². The Labute approximate surface area is 115 Å². The molecule has 1 aliphatic carbocycles. The first-order valence-corrected chi connectivity index (χ1v) is 7.12. The van der Waals surface area contributed by atoms with Gasteiger partial charge in [0.2, 0.25) is 0 Å². The Bertz CT molecular complexity index is 407. The summed E-state index contributed by atoms with van der Waals surface area (Å²) in [6.45, 7) is 5.53. The van der Waals surface area contributed by atoms with Crippen LogP contribution in [0.5, 0.6) is 5.75 Å². The van der Waals surface area contributed by atoms with E-state index in [1.165, 1.54) is 18.4 Å². The van der Waals surface area contributed by atoms with Crippen molar-refractivity contribution in [3.05, 3.63) is 28.8 Å². The molecule has 0 amide bonds. The second kappa shape index (κ2) is 5.94. The Hall–Kier alpha value is -0.730. The molecule has 0 spiro atoms. The molecule has 1 saturated carbocycles. The van der Waals surface area contributed by atoms with Gasteiger partial charge in [0.15, 0.2) is 0 Å². The Morgan fingerprint density at radius 3 is 2.83 bits per heavy atom. The van der Waals surface area contributed by atoms with Gasteiger partial charge in [-0.05, 0) is 55.0 Å². The number of benzene rings is 1. The normalized spacial score (nSPS) is 27.4. The lowest BCUT2D eigenvalue weighted by Crippen LogP contribution is -2.32. The van der Waals surface area contributed by atoms with Crippen LogP contribution in [-0.2, 0) is 0 Å². The van der Waals surface area contributed by atoms with Crippen LogP contribution in [0.2, 0.25) is 5.02 Å². The van der Waals surface area contributed by atoms with E-state index >= 15 is 0 Å². The molecule has 1 aromatic rings. The summed E-state index contributed by atoms with van der Waals surface area (Å²) in [4.78, 5) is 0. The quantitative estimate of drug-likeness (QED) is 0.895. The van der Waals surface area contributed by atoms with Gasteiger partial charge in [-0.3, -0.25) is 0 Å². The summed E-state index contributed by atoms with van der Waals surface area (Å²) in [5, 5.41) is 4.37. The first-order chi connectivity index (χ1) is 8.67. The zero-order chi connectivity index (χ0) is 13.1. The van der Waals surface area contributed by atoms with Crippen molar-refractivity contribution in [3.8, 4) is 5.75 Å². The van der Waals surface area contributed by atoms with E-state index in [1.807, 2.05) is 12.1 Å². The Morgan fingerprint density at radius 1 is 1.39 bits per heavy atom. The first-order valence-electron chi connectivity index (χ1n) is 6.74. The number of hydrogen-bond acceptors (Lipinski definition) is 2. The third-order valence-electron chi connectivity index (χ3n) is 4.12. The van der Waals surface area contributed by atoms with Crippen molar-refractivity contribution in [1.29, 1.82) is 0 Å². The number of methoxy groups -OCH3 is 1. The molecule has 100 valence electrons. The topological polar surface area (TPSA) is 21.3 Å². The van der Waals surface area contributed by atoms with E-state index < -0.39 is 0 Å². The summed E-state index contributed by atoms with van der Waals surface area (Å²) < 4.78 is 5.48. The van der Waals surface area contributed by atoms with E-state index in [0.29, 0.717) is 17.9 Å². The minimum absolute atomic E-state index is 0.544. The summed E-state index contributed by atoms with van der Waals surface area (Å²) in [6, 6.07) is 6.55. The third-order valence-corrected chi connectivity index (χ3v) is 4.35. The Balaban J connectivity index is 2.24. The monoisotopic (exact) mass is 267 g/mol. The average molecular weight is 268 g/mol. The highest BCUT2D eigenvalue weighted by atomic mass is 35.5. The fraction of sp³-hybridized carbons (Fsp3) is 0.600. The van der Waals surface area contributed by atoms with Gasteiger partial charge in [0.25, 0.3) is 0 Å². The van der Waals surface area contributed by atoms with Crippen LogP contribution in [-0.4, -0.2) is 19.7 Å². The van der Waals surface area contributed by atoms with Crippen molar-refractivity contribution in [2.24, 2.45) is 5.92 Å². The van der Waals surface area contributed by atoms with Crippen LogP contribution in [0.15, 0.2) is 18.2 Å². The lowest BCUT2D eigenvalue weighted by atomic mass is 9.88. The maximum absolute atomic E-state index is 6.13. The van der Waals surface area contributed by atoms with Crippen molar-refractivity contribution >= 4 is 11.6 Å². The zero-order valence-corrected chi connectivity index (χ0v) is 12.1. The summed E-state index contributed by atoms with van der Waals surface area (Å²) in [5.74, 6) is 2.13. The Kier molecular flexibility index (Phi) is 4.52. The highest BCUT2D eigenvalue weighted by Gasteiger charge is 2.34. The van der Waals surface area contributed by atoms with Gasteiger partial charge in [0, 0.05) is 11.1 Å². The molecule has 3 atom stereocenters. The summed E-state index contributed by atoms with van der Waals surface area (Å²) in [7, 11) is 1.73. The molecule has 3 unspecified atom stereocenters. The number of halogens is 1. The summed E-state index contributed by atoms with van der Waals surface area (Å²) in [6.07, 6.45) is 2.44. The molecule has 1 fully saturated rings. The van der Waals surface area contributed by atoms with Gasteiger partial charge in [-0.1, -0.05) is 25.4 Å². The highest BCUT2D eigenvalue weighted by Crippen LogP contribution is 2.43. The predicted octanol–water partition coefficient (Wildman–Crippen LogP) is 3.84. The molecule has 1 aromatic carbocycles. The van der Waals surface area contributed by atoms with Gasteiger partial charge >= 0.3 is 0 Å². The van der Waals surface area contributed by atoms with Gasteiger partial charge < -0.3 is 10.1 Å². The van der Waals surface area contributed by atoms with Crippen molar-refractivity contribution in [2.45, 2.75) is 38.6 Å². The molecule has 0 aromatic heterocycles. The molecule has 1 aliphatic rings. The lowest BCUT2D eigenvalue weighted by Gasteiger charge is -2.23. The average Bonchev–Trinajstić information content (AvgIpc) is 2.72. The van der Waals surface area contributed by atoms with Gasteiger partial charge in [-0.15, -0.1) is 0 Å². The second-order valence-electron chi connectivity index (χ2n) is 5.09. The van der Waals surface area contributed by atoms with Gasteiger partial charge in [-0.25, -0.2) is 0 Å². The maximum Gasteiger partial charge on any atom is 0.122 e. The van der Waals surface area contributed by atoms with Crippen LogP contribution in [0.3, 0.4) is 0 Å².